The van der Waals surface area contributed by atoms with Gasteiger partial charge >= 0.3 is 0 Å². The van der Waals surface area contributed by atoms with E-state index in [4.69, 9.17) is 5.11 Å². The van der Waals surface area contributed by atoms with Gasteiger partial charge in [0.05, 0.1) is 0 Å². The molecule has 0 amide bonds. The summed E-state index contributed by atoms with van der Waals surface area (Å²) in [5, 5.41) is 19.4. The van der Waals surface area contributed by atoms with E-state index in [9.17, 15) is 5.11 Å². The van der Waals surface area contributed by atoms with Gasteiger partial charge in [-0.1, -0.05) is 28.1 Å². The van der Waals surface area contributed by atoms with Crippen LogP contribution in [0.25, 0.3) is 0 Å². The first kappa shape index (κ1) is 9.39. The minimum Gasteiger partial charge on any atom is -0.504 e. The summed E-state index contributed by atoms with van der Waals surface area (Å²) in [7, 11) is 0. The first-order valence-electron chi connectivity index (χ1n) is 3.81. The number of aromatic hydroxyl groups is 2. The Kier molecular flexibility index (Phi) is 3.41. The molecule has 0 aliphatic heterocycles. The lowest BCUT2D eigenvalue weighted by atomic mass is 10.1. The smallest absolute Gasteiger partial charge is 0.160 e. The van der Waals surface area contributed by atoms with Gasteiger partial charge in [-0.05, 0) is 24.5 Å². The number of phenolic OH excluding ortho intramolecular Hbond substituents is 2. The highest BCUT2D eigenvalue weighted by molar-refractivity contribution is 9.09. The lowest BCUT2D eigenvalue weighted by Gasteiger charge is -2.03. The van der Waals surface area contributed by atoms with Gasteiger partial charge in [-0.15, -0.1) is 0 Å². The molecule has 1 rings (SSSR count). The van der Waals surface area contributed by atoms with Crippen LogP contribution in [-0.2, 0) is 6.42 Å². The van der Waals surface area contributed by atoms with E-state index < -0.39 is 0 Å². The molecule has 0 spiro atoms. The quantitative estimate of drug-likeness (QED) is 0.619. The molecule has 0 aromatic heterocycles. The van der Waals surface area contributed by atoms with Crippen molar-refractivity contribution in [2.45, 2.75) is 12.8 Å². The van der Waals surface area contributed by atoms with Crippen LogP contribution in [0.5, 0.6) is 11.5 Å². The summed E-state index contributed by atoms with van der Waals surface area (Å²) in [5.41, 5.74) is 0.800. The van der Waals surface area contributed by atoms with Gasteiger partial charge in [0.15, 0.2) is 11.5 Å². The van der Waals surface area contributed by atoms with Crippen LogP contribution in [0.1, 0.15) is 12.0 Å². The zero-order valence-electron chi connectivity index (χ0n) is 6.63. The van der Waals surface area contributed by atoms with Crippen LogP contribution in [0.3, 0.4) is 0 Å². The molecule has 0 aliphatic rings. The molecule has 1 aromatic rings. The monoisotopic (exact) mass is 230 g/mol. The standard InChI is InChI=1S/C9H11BrO2/c10-6-2-4-7-3-1-5-8(11)9(7)12/h1,3,5,11-12H,2,4,6H2. The third-order valence-corrected chi connectivity index (χ3v) is 2.24. The van der Waals surface area contributed by atoms with Crippen molar-refractivity contribution >= 4 is 15.9 Å². The van der Waals surface area contributed by atoms with Crippen molar-refractivity contribution in [2.24, 2.45) is 0 Å². The van der Waals surface area contributed by atoms with Crippen molar-refractivity contribution in [3.05, 3.63) is 23.8 Å². The van der Waals surface area contributed by atoms with E-state index in [1.54, 1.807) is 6.07 Å². The van der Waals surface area contributed by atoms with Crippen LogP contribution < -0.4 is 0 Å². The summed E-state index contributed by atoms with van der Waals surface area (Å²) in [6, 6.07) is 5.03. The second kappa shape index (κ2) is 4.36. The second-order valence-corrected chi connectivity index (χ2v) is 3.37. The fraction of sp³-hybridized carbons (Fsp3) is 0.333. The maximum Gasteiger partial charge on any atom is 0.160 e. The summed E-state index contributed by atoms with van der Waals surface area (Å²) in [6.07, 6.45) is 1.74. The molecule has 2 nitrogen and oxygen atoms in total. The molecular formula is C9H11BrO2. The average Bonchev–Trinajstić information content (AvgIpc) is 2.08. The summed E-state index contributed by atoms with van der Waals surface area (Å²) in [6.45, 7) is 0. The first-order chi connectivity index (χ1) is 5.75. The molecule has 3 heteroatoms. The predicted octanol–water partition coefficient (Wildman–Crippen LogP) is 2.43. The molecule has 66 valence electrons. The summed E-state index contributed by atoms with van der Waals surface area (Å²) < 4.78 is 0. The second-order valence-electron chi connectivity index (χ2n) is 2.58. The minimum atomic E-state index is -0.0397. The zero-order chi connectivity index (χ0) is 8.97. The molecule has 1 aromatic carbocycles. The number of rotatable bonds is 3. The number of benzene rings is 1. The minimum absolute atomic E-state index is 0.0125. The number of alkyl halides is 1. The molecule has 0 radical (unpaired) electrons. The average molecular weight is 231 g/mol. The molecule has 0 saturated carbocycles. The number of hydrogen-bond donors (Lipinski definition) is 2. The Morgan fingerprint density at radius 3 is 2.67 bits per heavy atom. The molecular weight excluding hydrogens is 220 g/mol. The van der Waals surface area contributed by atoms with Crippen molar-refractivity contribution in [3.63, 3.8) is 0 Å². The van der Waals surface area contributed by atoms with Gasteiger partial charge in [0.2, 0.25) is 0 Å². The Morgan fingerprint density at radius 2 is 2.00 bits per heavy atom. The van der Waals surface area contributed by atoms with Crippen LogP contribution >= 0.6 is 15.9 Å². The van der Waals surface area contributed by atoms with Crippen LogP contribution in [0.15, 0.2) is 18.2 Å². The molecule has 0 aliphatic carbocycles. The zero-order valence-corrected chi connectivity index (χ0v) is 8.21. The first-order valence-corrected chi connectivity index (χ1v) is 4.93. The van der Waals surface area contributed by atoms with Crippen molar-refractivity contribution in [3.8, 4) is 11.5 Å². The lowest BCUT2D eigenvalue weighted by molar-refractivity contribution is 0.399. The van der Waals surface area contributed by atoms with Gasteiger partial charge in [0.1, 0.15) is 0 Å². The normalized spacial score (nSPS) is 10.1. The number of aryl methyl sites for hydroxylation is 1. The van der Waals surface area contributed by atoms with Crippen LogP contribution in [-0.4, -0.2) is 15.5 Å². The Balaban J connectivity index is 2.78. The Hall–Kier alpha value is -0.700. The lowest BCUT2D eigenvalue weighted by Crippen LogP contribution is -1.86. The van der Waals surface area contributed by atoms with E-state index in [0.29, 0.717) is 0 Å². The van der Waals surface area contributed by atoms with Gasteiger partial charge in [0, 0.05) is 5.33 Å². The van der Waals surface area contributed by atoms with E-state index >= 15 is 0 Å². The van der Waals surface area contributed by atoms with Gasteiger partial charge < -0.3 is 10.2 Å². The Bertz CT molecular complexity index is 261. The van der Waals surface area contributed by atoms with Gasteiger partial charge in [-0.2, -0.15) is 0 Å². The summed E-state index contributed by atoms with van der Waals surface area (Å²) in [4.78, 5) is 0. The molecule has 0 heterocycles. The van der Waals surface area contributed by atoms with Crippen LogP contribution in [0.2, 0.25) is 0 Å². The molecule has 0 bridgehead atoms. The summed E-state index contributed by atoms with van der Waals surface area (Å²) >= 11 is 3.31. The van der Waals surface area contributed by atoms with E-state index in [1.165, 1.54) is 6.07 Å². The molecule has 0 atom stereocenters. The third-order valence-electron chi connectivity index (χ3n) is 1.68. The topological polar surface area (TPSA) is 40.5 Å². The van der Waals surface area contributed by atoms with E-state index in [0.717, 1.165) is 23.7 Å². The Morgan fingerprint density at radius 1 is 1.25 bits per heavy atom. The largest absolute Gasteiger partial charge is 0.504 e. The molecule has 0 unspecified atom stereocenters. The highest BCUT2D eigenvalue weighted by Crippen LogP contribution is 2.28. The summed E-state index contributed by atoms with van der Waals surface area (Å²) in [5.74, 6) is -0.0273. The highest BCUT2D eigenvalue weighted by atomic mass is 79.9. The fourth-order valence-electron chi connectivity index (χ4n) is 1.04. The maximum atomic E-state index is 9.36. The van der Waals surface area contributed by atoms with Gasteiger partial charge in [-0.3, -0.25) is 0 Å². The van der Waals surface area contributed by atoms with Crippen molar-refractivity contribution in [1.29, 1.82) is 0 Å². The number of para-hydroxylation sites is 1. The molecule has 0 saturated heterocycles. The van der Waals surface area contributed by atoms with E-state index in [1.807, 2.05) is 6.07 Å². The molecule has 0 fully saturated rings. The van der Waals surface area contributed by atoms with E-state index in [-0.39, 0.29) is 11.5 Å². The van der Waals surface area contributed by atoms with Crippen molar-refractivity contribution in [2.75, 3.05) is 5.33 Å². The van der Waals surface area contributed by atoms with Gasteiger partial charge in [0.25, 0.3) is 0 Å². The number of hydrogen-bond acceptors (Lipinski definition) is 2. The van der Waals surface area contributed by atoms with Gasteiger partial charge in [-0.25, -0.2) is 0 Å². The Labute approximate surface area is 80.0 Å². The van der Waals surface area contributed by atoms with Crippen molar-refractivity contribution in [1.82, 2.24) is 0 Å². The number of phenols is 2. The van der Waals surface area contributed by atoms with E-state index in [2.05, 4.69) is 15.9 Å². The van der Waals surface area contributed by atoms with Crippen LogP contribution in [0.4, 0.5) is 0 Å². The molecule has 2 N–H and O–H groups in total. The third kappa shape index (κ3) is 2.14. The van der Waals surface area contributed by atoms with Crippen LogP contribution in [0, 0.1) is 0 Å². The highest BCUT2D eigenvalue weighted by Gasteiger charge is 2.03. The number of halogens is 1. The van der Waals surface area contributed by atoms with Crippen molar-refractivity contribution < 1.29 is 10.2 Å². The predicted molar refractivity (Wildman–Crippen MR) is 51.9 cm³/mol. The SMILES string of the molecule is Oc1cccc(CCCBr)c1O. The maximum absolute atomic E-state index is 9.36. The fourth-order valence-corrected chi connectivity index (χ4v) is 1.32. The molecule has 12 heavy (non-hydrogen) atoms.